The van der Waals surface area contributed by atoms with Gasteiger partial charge in [-0.3, -0.25) is 0 Å². The number of aliphatic hydroxyl groups is 1. The van der Waals surface area contributed by atoms with Crippen LogP contribution in [-0.4, -0.2) is 25.7 Å². The van der Waals surface area contributed by atoms with E-state index in [2.05, 4.69) is 4.72 Å². The molecular formula is C13H16Cl3NO3S. The molecule has 0 atom stereocenters. The lowest BCUT2D eigenvalue weighted by Gasteiger charge is -2.36. The van der Waals surface area contributed by atoms with Gasteiger partial charge in [0, 0.05) is 5.02 Å². The summed E-state index contributed by atoms with van der Waals surface area (Å²) in [7, 11) is -3.94. The van der Waals surface area contributed by atoms with Crippen LogP contribution in [0.4, 0.5) is 0 Å². The zero-order valence-electron chi connectivity index (χ0n) is 11.2. The van der Waals surface area contributed by atoms with Crippen LogP contribution in [0.1, 0.15) is 32.1 Å². The SMILES string of the molecule is O=S(=O)(NC1(CO)CCCCC1)c1c(Cl)cc(Cl)cc1Cl. The first-order valence-corrected chi connectivity index (χ1v) is 9.21. The average molecular weight is 373 g/mol. The largest absolute Gasteiger partial charge is 0.394 e. The van der Waals surface area contributed by atoms with Gasteiger partial charge in [0.2, 0.25) is 10.0 Å². The van der Waals surface area contributed by atoms with Crippen molar-refractivity contribution in [2.45, 2.75) is 42.5 Å². The lowest BCUT2D eigenvalue weighted by Crippen LogP contribution is -2.52. The third kappa shape index (κ3) is 3.84. The second-order valence-corrected chi connectivity index (χ2v) is 8.17. The summed E-state index contributed by atoms with van der Waals surface area (Å²) in [5.41, 5.74) is -0.844. The summed E-state index contributed by atoms with van der Waals surface area (Å²) < 4.78 is 27.8. The van der Waals surface area contributed by atoms with Crippen LogP contribution >= 0.6 is 34.8 Å². The van der Waals surface area contributed by atoms with Crippen molar-refractivity contribution in [1.82, 2.24) is 4.72 Å². The van der Waals surface area contributed by atoms with E-state index >= 15 is 0 Å². The Labute approximate surface area is 139 Å². The quantitative estimate of drug-likeness (QED) is 0.848. The standard InChI is InChI=1S/C13H16Cl3NO3S/c14-9-6-10(15)12(11(16)7-9)21(19,20)17-13(8-18)4-2-1-3-5-13/h6-7,17-18H,1-5,8H2. The number of nitrogens with one attached hydrogen (secondary N) is 1. The van der Waals surface area contributed by atoms with Gasteiger partial charge < -0.3 is 5.11 Å². The number of halogens is 3. The van der Waals surface area contributed by atoms with Gasteiger partial charge in [0.25, 0.3) is 0 Å². The molecule has 8 heteroatoms. The van der Waals surface area contributed by atoms with Gasteiger partial charge in [0.1, 0.15) is 4.90 Å². The number of hydrogen-bond donors (Lipinski definition) is 2. The number of benzene rings is 1. The predicted octanol–water partition coefficient (Wildman–Crippen LogP) is 3.62. The van der Waals surface area contributed by atoms with Crippen LogP contribution < -0.4 is 4.72 Å². The second-order valence-electron chi connectivity index (χ2n) is 5.30. The first kappa shape index (κ1) is 17.3. The van der Waals surface area contributed by atoms with Crippen LogP contribution in [0.15, 0.2) is 17.0 Å². The number of aliphatic hydroxyl groups excluding tert-OH is 1. The van der Waals surface area contributed by atoms with Crippen LogP contribution in [-0.2, 0) is 10.0 Å². The topological polar surface area (TPSA) is 66.4 Å². The van der Waals surface area contributed by atoms with Gasteiger partial charge >= 0.3 is 0 Å². The van der Waals surface area contributed by atoms with Gasteiger partial charge in [-0.15, -0.1) is 0 Å². The highest BCUT2D eigenvalue weighted by molar-refractivity contribution is 7.89. The van der Waals surface area contributed by atoms with E-state index in [1.807, 2.05) is 0 Å². The molecule has 21 heavy (non-hydrogen) atoms. The predicted molar refractivity (Wildman–Crippen MR) is 84.7 cm³/mol. The molecule has 4 nitrogen and oxygen atoms in total. The number of rotatable bonds is 4. The number of hydrogen-bond acceptors (Lipinski definition) is 3. The monoisotopic (exact) mass is 371 g/mol. The van der Waals surface area contributed by atoms with Crippen LogP contribution in [0, 0.1) is 0 Å². The normalized spacial score (nSPS) is 18.7. The summed E-state index contributed by atoms with van der Waals surface area (Å²) in [6.45, 7) is -0.255. The van der Waals surface area contributed by atoms with E-state index in [1.54, 1.807) is 0 Å². The molecule has 0 heterocycles. The molecule has 118 valence electrons. The maximum atomic E-state index is 12.6. The molecule has 0 unspecified atom stereocenters. The maximum absolute atomic E-state index is 12.6. The molecule has 1 aromatic rings. The van der Waals surface area contributed by atoms with Crippen molar-refractivity contribution < 1.29 is 13.5 Å². The molecule has 2 rings (SSSR count). The van der Waals surface area contributed by atoms with E-state index in [-0.39, 0.29) is 26.6 Å². The average Bonchev–Trinajstić information content (AvgIpc) is 2.37. The smallest absolute Gasteiger partial charge is 0.244 e. The summed E-state index contributed by atoms with van der Waals surface area (Å²) in [6, 6.07) is 2.66. The van der Waals surface area contributed by atoms with Gasteiger partial charge in [-0.25, -0.2) is 13.1 Å². The third-order valence-electron chi connectivity index (χ3n) is 3.70. The fourth-order valence-electron chi connectivity index (χ4n) is 2.64. The Morgan fingerprint density at radius 3 is 2.10 bits per heavy atom. The summed E-state index contributed by atoms with van der Waals surface area (Å²) in [6.07, 6.45) is 3.94. The minimum Gasteiger partial charge on any atom is -0.394 e. The van der Waals surface area contributed by atoms with Gasteiger partial charge in [0.05, 0.1) is 22.2 Å². The first-order chi connectivity index (χ1) is 9.80. The Kier molecular flexibility index (Phi) is 5.45. The van der Waals surface area contributed by atoms with E-state index in [0.29, 0.717) is 12.8 Å². The molecule has 2 N–H and O–H groups in total. The van der Waals surface area contributed by atoms with Crippen molar-refractivity contribution in [3.8, 4) is 0 Å². The van der Waals surface area contributed by atoms with Crippen molar-refractivity contribution >= 4 is 44.8 Å². The van der Waals surface area contributed by atoms with Crippen molar-refractivity contribution in [3.05, 3.63) is 27.2 Å². The molecule has 0 aliphatic heterocycles. The van der Waals surface area contributed by atoms with E-state index in [4.69, 9.17) is 34.8 Å². The zero-order valence-corrected chi connectivity index (χ0v) is 14.3. The van der Waals surface area contributed by atoms with Crippen LogP contribution in [0.2, 0.25) is 15.1 Å². The molecule has 1 saturated carbocycles. The lowest BCUT2D eigenvalue weighted by atomic mass is 9.83. The Balaban J connectivity index is 2.38. The van der Waals surface area contributed by atoms with Crippen LogP contribution in [0.25, 0.3) is 0 Å². The molecule has 1 aromatic carbocycles. The highest BCUT2D eigenvalue weighted by Crippen LogP contribution is 2.35. The first-order valence-electron chi connectivity index (χ1n) is 6.59. The van der Waals surface area contributed by atoms with Crippen molar-refractivity contribution in [2.75, 3.05) is 6.61 Å². The summed E-state index contributed by atoms with van der Waals surface area (Å²) in [4.78, 5) is -0.200. The molecule has 0 radical (unpaired) electrons. The molecule has 0 bridgehead atoms. The fourth-order valence-corrected chi connectivity index (χ4v) is 5.64. The summed E-state index contributed by atoms with van der Waals surface area (Å²) in [5, 5.41) is 9.81. The molecule has 0 spiro atoms. The molecule has 1 aliphatic carbocycles. The fraction of sp³-hybridized carbons (Fsp3) is 0.538. The third-order valence-corrected chi connectivity index (χ3v) is 6.41. The Hall–Kier alpha value is -0.0400. The van der Waals surface area contributed by atoms with Crippen LogP contribution in [0.3, 0.4) is 0 Å². The van der Waals surface area contributed by atoms with Crippen molar-refractivity contribution in [1.29, 1.82) is 0 Å². The van der Waals surface area contributed by atoms with E-state index < -0.39 is 15.6 Å². The molecule has 0 aromatic heterocycles. The minimum atomic E-state index is -3.94. The summed E-state index contributed by atoms with van der Waals surface area (Å²) >= 11 is 17.7. The van der Waals surface area contributed by atoms with Gasteiger partial charge in [-0.05, 0) is 25.0 Å². The zero-order chi connectivity index (χ0) is 15.7. The molecule has 0 saturated heterocycles. The Bertz CT molecular complexity index is 605. The van der Waals surface area contributed by atoms with Crippen LogP contribution in [0.5, 0.6) is 0 Å². The maximum Gasteiger partial charge on any atom is 0.244 e. The highest BCUT2D eigenvalue weighted by Gasteiger charge is 2.37. The molecule has 1 fully saturated rings. The summed E-state index contributed by atoms with van der Waals surface area (Å²) in [5.74, 6) is 0. The minimum absolute atomic E-state index is 0.0381. The van der Waals surface area contributed by atoms with E-state index in [1.165, 1.54) is 12.1 Å². The van der Waals surface area contributed by atoms with Crippen molar-refractivity contribution in [3.63, 3.8) is 0 Å². The molecule has 1 aliphatic rings. The molecular weight excluding hydrogens is 357 g/mol. The van der Waals surface area contributed by atoms with Crippen molar-refractivity contribution in [2.24, 2.45) is 0 Å². The number of sulfonamides is 1. The Morgan fingerprint density at radius 2 is 1.62 bits per heavy atom. The molecule has 0 amide bonds. The lowest BCUT2D eigenvalue weighted by molar-refractivity contribution is 0.142. The Morgan fingerprint density at radius 1 is 1.10 bits per heavy atom. The van der Waals surface area contributed by atoms with E-state index in [9.17, 15) is 13.5 Å². The second kappa shape index (κ2) is 6.60. The van der Waals surface area contributed by atoms with Gasteiger partial charge in [-0.1, -0.05) is 54.1 Å². The van der Waals surface area contributed by atoms with E-state index in [0.717, 1.165) is 19.3 Å². The van der Waals surface area contributed by atoms with Gasteiger partial charge in [-0.2, -0.15) is 0 Å². The highest BCUT2D eigenvalue weighted by atomic mass is 35.5. The van der Waals surface area contributed by atoms with Gasteiger partial charge in [0.15, 0.2) is 0 Å².